The molecule has 1 aromatic rings. The second-order valence-corrected chi connectivity index (χ2v) is 17.0. The predicted molar refractivity (Wildman–Crippen MR) is 253 cm³/mol. The van der Waals surface area contributed by atoms with Gasteiger partial charge in [0.1, 0.15) is 30.2 Å². The van der Waals surface area contributed by atoms with Gasteiger partial charge in [0.15, 0.2) is 11.9 Å². The molecule has 21 heteroatoms. The summed E-state index contributed by atoms with van der Waals surface area (Å²) in [4.78, 5) is 95.8. The number of nitrogens with zero attached hydrogens (tertiary/aromatic N) is 3. The Bertz CT molecular complexity index is 1580. The largest absolute Gasteiger partial charge is 0.394 e. The SMILES string of the molecule is CCCCCCCCCCCCCCCC(=O)N[C@@H](CCCN=C(N)N)C(=O)N[C@@H](CCCN=C(N)N)C(=O)N[C@@H](CC(C)C)C(=O)N[C@@H](Cc1cnc[nH]1)C(=O)N[C@@H](CO)C(=O)NC. The number of imidazole rings is 1. The Morgan fingerprint density at radius 1 is 0.615 bits per heavy atom. The van der Waals surface area contributed by atoms with Crippen LogP contribution in [-0.4, -0.2) is 119 Å². The number of carbonyl (C=O) groups excluding carboxylic acids is 6. The summed E-state index contributed by atoms with van der Waals surface area (Å²) < 4.78 is 0. The van der Waals surface area contributed by atoms with Crippen LogP contribution in [0.3, 0.4) is 0 Å². The van der Waals surface area contributed by atoms with Crippen molar-refractivity contribution in [2.24, 2.45) is 38.8 Å². The molecule has 0 saturated heterocycles. The molecule has 0 fully saturated rings. The van der Waals surface area contributed by atoms with Crippen LogP contribution in [-0.2, 0) is 35.2 Å². The standard InChI is InChI=1S/C44H82N14O7/c1-5-6-7-8-9-10-11-12-13-14-15-16-17-22-37(60)54-32(20-18-23-51-43(45)46)39(62)55-33(21-19-24-52-44(47)48)40(63)56-34(25-30(2)3)41(64)57-35(26-31-27-50-29-53-31)42(65)58-36(28-59)38(61)49-4/h27,29-30,32-36,59H,5-26,28H2,1-4H3,(H,49,61)(H,50,53)(H,54,60)(H,55,62)(H,56,63)(H,57,64)(H,58,65)(H4,45,46,51)(H4,47,48,52)/t32-,33-,34-,35-,36-/m0/s1. The molecular formula is C44H82N14O7. The lowest BCUT2D eigenvalue weighted by Gasteiger charge is -2.27. The molecule has 0 bridgehead atoms. The summed E-state index contributed by atoms with van der Waals surface area (Å²) >= 11 is 0. The maximum absolute atomic E-state index is 14.1. The third-order valence-electron chi connectivity index (χ3n) is 10.7. The Morgan fingerprint density at radius 3 is 1.52 bits per heavy atom. The van der Waals surface area contributed by atoms with Gasteiger partial charge in [0.05, 0.1) is 12.9 Å². The van der Waals surface area contributed by atoms with E-state index in [0.29, 0.717) is 18.5 Å². The number of nitrogens with two attached hydrogens (primary N) is 4. The van der Waals surface area contributed by atoms with Crippen molar-refractivity contribution in [1.82, 2.24) is 41.9 Å². The molecule has 21 nitrogen and oxygen atoms in total. The van der Waals surface area contributed by atoms with Crippen molar-refractivity contribution < 1.29 is 33.9 Å². The van der Waals surface area contributed by atoms with Crippen molar-refractivity contribution in [3.63, 3.8) is 0 Å². The van der Waals surface area contributed by atoms with E-state index in [0.717, 1.165) is 19.3 Å². The van der Waals surface area contributed by atoms with E-state index in [4.69, 9.17) is 22.9 Å². The van der Waals surface area contributed by atoms with Crippen molar-refractivity contribution in [3.05, 3.63) is 18.2 Å². The van der Waals surface area contributed by atoms with Gasteiger partial charge in [-0.1, -0.05) is 97.8 Å². The number of likely N-dealkylation sites (N-methyl/N-ethyl adjacent to an activating group) is 1. The average molecular weight is 919 g/mol. The van der Waals surface area contributed by atoms with Gasteiger partial charge in [0.2, 0.25) is 35.4 Å². The van der Waals surface area contributed by atoms with Crippen molar-refractivity contribution in [1.29, 1.82) is 0 Å². The number of unbranched alkanes of at least 4 members (excludes halogenated alkanes) is 12. The van der Waals surface area contributed by atoms with Crippen LogP contribution in [0.4, 0.5) is 0 Å². The highest BCUT2D eigenvalue weighted by Crippen LogP contribution is 2.14. The molecule has 0 aromatic carbocycles. The maximum atomic E-state index is 14.1. The van der Waals surface area contributed by atoms with Gasteiger partial charge in [0.25, 0.3) is 0 Å². The third kappa shape index (κ3) is 27.5. The summed E-state index contributed by atoms with van der Waals surface area (Å²) in [5.74, 6) is -4.11. The molecule has 1 aromatic heterocycles. The lowest BCUT2D eigenvalue weighted by molar-refractivity contribution is -0.135. The first-order valence-electron chi connectivity index (χ1n) is 23.5. The van der Waals surface area contributed by atoms with Gasteiger partial charge < -0.3 is 64.9 Å². The first-order valence-corrected chi connectivity index (χ1v) is 23.5. The van der Waals surface area contributed by atoms with Crippen LogP contribution in [0.5, 0.6) is 0 Å². The number of guanidine groups is 2. The molecule has 65 heavy (non-hydrogen) atoms. The molecule has 0 aliphatic heterocycles. The number of hydrogen-bond donors (Lipinski definition) is 12. The van der Waals surface area contributed by atoms with Crippen LogP contribution in [0.2, 0.25) is 0 Å². The predicted octanol–water partition coefficient (Wildman–Crippen LogP) is 0.749. The normalized spacial score (nSPS) is 13.3. The number of rotatable bonds is 37. The number of aromatic amines is 1. The zero-order valence-corrected chi connectivity index (χ0v) is 39.4. The number of aliphatic hydroxyl groups excluding tert-OH is 1. The second kappa shape index (κ2) is 34.9. The second-order valence-electron chi connectivity index (χ2n) is 17.0. The monoisotopic (exact) mass is 919 g/mol. The van der Waals surface area contributed by atoms with Crippen LogP contribution in [0.15, 0.2) is 22.5 Å². The van der Waals surface area contributed by atoms with Crippen LogP contribution >= 0.6 is 0 Å². The first kappa shape index (κ1) is 57.5. The van der Waals surface area contributed by atoms with Crippen LogP contribution in [0.1, 0.15) is 148 Å². The average Bonchev–Trinajstić information content (AvgIpc) is 3.78. The molecule has 370 valence electrons. The number of carbonyl (C=O) groups is 6. The summed E-state index contributed by atoms with van der Waals surface area (Å²) in [6.45, 7) is 5.58. The Hall–Kier alpha value is -5.47. The lowest BCUT2D eigenvalue weighted by Crippen LogP contribution is -2.60. The van der Waals surface area contributed by atoms with Crippen molar-refractivity contribution in [3.8, 4) is 0 Å². The Labute approximate surface area is 385 Å². The van der Waals surface area contributed by atoms with E-state index in [9.17, 15) is 33.9 Å². The van der Waals surface area contributed by atoms with E-state index in [2.05, 4.69) is 58.8 Å². The highest BCUT2D eigenvalue weighted by atomic mass is 16.3. The summed E-state index contributed by atoms with van der Waals surface area (Å²) in [6, 6.07) is -5.95. The Balaban J connectivity index is 3.14. The van der Waals surface area contributed by atoms with Gasteiger partial charge >= 0.3 is 0 Å². The minimum Gasteiger partial charge on any atom is -0.394 e. The Kier molecular flexibility index (Phi) is 30.9. The number of nitrogens with one attached hydrogen (secondary N) is 7. The van der Waals surface area contributed by atoms with Gasteiger partial charge in [-0.2, -0.15) is 0 Å². The molecule has 16 N–H and O–H groups in total. The number of H-pyrrole nitrogens is 1. The van der Waals surface area contributed by atoms with E-state index >= 15 is 0 Å². The van der Waals surface area contributed by atoms with Crippen LogP contribution in [0.25, 0.3) is 0 Å². The van der Waals surface area contributed by atoms with Gasteiger partial charge in [-0.3, -0.25) is 38.8 Å². The van der Waals surface area contributed by atoms with Gasteiger partial charge in [-0.25, -0.2) is 4.98 Å². The van der Waals surface area contributed by atoms with E-state index in [-0.39, 0.29) is 75.4 Å². The quantitative estimate of drug-likeness (QED) is 0.0250. The molecule has 0 aliphatic carbocycles. The fraction of sp³-hybridized carbons (Fsp3) is 0.750. The summed E-state index contributed by atoms with van der Waals surface area (Å²) in [5, 5.41) is 25.6. The van der Waals surface area contributed by atoms with Gasteiger partial charge in [0, 0.05) is 44.9 Å². The molecule has 0 spiro atoms. The molecule has 0 saturated carbocycles. The maximum Gasteiger partial charge on any atom is 0.244 e. The lowest BCUT2D eigenvalue weighted by atomic mass is 10.0. The van der Waals surface area contributed by atoms with Crippen molar-refractivity contribution in [2.75, 3.05) is 26.7 Å². The molecular weight excluding hydrogens is 837 g/mol. The first-order chi connectivity index (χ1) is 31.1. The third-order valence-corrected chi connectivity index (χ3v) is 10.7. The van der Waals surface area contributed by atoms with E-state index in [1.165, 1.54) is 77.4 Å². The summed E-state index contributed by atoms with van der Waals surface area (Å²) in [6.07, 6.45) is 19.2. The molecule has 0 unspecified atom stereocenters. The number of hydrogen-bond acceptors (Lipinski definition) is 10. The van der Waals surface area contributed by atoms with Crippen LogP contribution in [0, 0.1) is 5.92 Å². The van der Waals surface area contributed by atoms with Gasteiger partial charge in [-0.15, -0.1) is 0 Å². The zero-order chi connectivity index (χ0) is 48.4. The number of aliphatic imine (C=N–C) groups is 2. The minimum atomic E-state index is -1.29. The highest BCUT2D eigenvalue weighted by Gasteiger charge is 2.33. The minimum absolute atomic E-state index is 0.0604. The van der Waals surface area contributed by atoms with Crippen LogP contribution < -0.4 is 54.8 Å². The summed E-state index contributed by atoms with van der Waals surface area (Å²) in [7, 11) is 1.35. The molecule has 6 amide bonds. The number of aliphatic hydroxyl groups is 1. The molecule has 5 atom stereocenters. The molecule has 0 aliphatic rings. The van der Waals surface area contributed by atoms with E-state index < -0.39 is 66.4 Å². The Morgan fingerprint density at radius 2 is 1.06 bits per heavy atom. The smallest absolute Gasteiger partial charge is 0.244 e. The fourth-order valence-corrected chi connectivity index (χ4v) is 7.10. The van der Waals surface area contributed by atoms with Crippen molar-refractivity contribution in [2.45, 2.75) is 179 Å². The molecule has 1 heterocycles. The topological polar surface area (TPSA) is 352 Å². The number of aromatic nitrogens is 2. The highest BCUT2D eigenvalue weighted by molar-refractivity contribution is 5.96. The zero-order valence-electron chi connectivity index (χ0n) is 39.4. The summed E-state index contributed by atoms with van der Waals surface area (Å²) in [5.41, 5.74) is 22.5. The molecule has 1 rings (SSSR count). The molecule has 0 radical (unpaired) electrons. The van der Waals surface area contributed by atoms with E-state index in [1.54, 1.807) is 0 Å². The van der Waals surface area contributed by atoms with Crippen molar-refractivity contribution >= 4 is 47.4 Å². The number of amides is 6. The van der Waals surface area contributed by atoms with Gasteiger partial charge in [-0.05, 0) is 44.4 Å². The fourth-order valence-electron chi connectivity index (χ4n) is 7.10. The van der Waals surface area contributed by atoms with E-state index in [1.807, 2.05) is 13.8 Å².